The largest absolute Gasteiger partial charge is 0.496 e. The van der Waals surface area contributed by atoms with Crippen LogP contribution in [0.4, 0.5) is 0 Å². The Morgan fingerprint density at radius 2 is 1.65 bits per heavy atom. The van der Waals surface area contributed by atoms with Crippen molar-refractivity contribution >= 4 is 5.78 Å². The number of carbonyl (C=O) groups is 1. The first-order valence-corrected chi connectivity index (χ1v) is 6.03. The Balaban J connectivity index is 2.37. The van der Waals surface area contributed by atoms with Crippen LogP contribution in [0.5, 0.6) is 11.5 Å². The molecule has 1 saturated carbocycles. The molecule has 0 unspecified atom stereocenters. The minimum absolute atomic E-state index is 0.139. The first-order chi connectivity index (χ1) is 8.27. The van der Waals surface area contributed by atoms with E-state index in [1.807, 2.05) is 18.2 Å². The molecule has 0 heterocycles. The lowest BCUT2D eigenvalue weighted by atomic mass is 9.95. The van der Waals surface area contributed by atoms with Crippen LogP contribution in [0.15, 0.2) is 18.2 Å². The molecule has 0 bridgehead atoms. The second kappa shape index (κ2) is 5.21. The van der Waals surface area contributed by atoms with Crippen LogP contribution in [-0.2, 0) is 0 Å². The zero-order valence-corrected chi connectivity index (χ0v) is 10.4. The normalized spacial score (nSPS) is 15.9. The van der Waals surface area contributed by atoms with Crippen molar-refractivity contribution in [3.05, 3.63) is 23.8 Å². The second-order valence-electron chi connectivity index (χ2n) is 4.38. The van der Waals surface area contributed by atoms with Gasteiger partial charge in [-0.2, -0.15) is 0 Å². The van der Waals surface area contributed by atoms with E-state index >= 15 is 0 Å². The molecule has 1 aliphatic carbocycles. The summed E-state index contributed by atoms with van der Waals surface area (Å²) in [4.78, 5) is 12.4. The lowest BCUT2D eigenvalue weighted by Crippen LogP contribution is -2.13. The molecule has 1 aromatic rings. The molecular formula is C14H18O3. The van der Waals surface area contributed by atoms with Gasteiger partial charge in [0.15, 0.2) is 5.78 Å². The molecule has 3 heteroatoms. The van der Waals surface area contributed by atoms with Gasteiger partial charge >= 0.3 is 0 Å². The van der Waals surface area contributed by atoms with Crippen LogP contribution < -0.4 is 9.47 Å². The number of ketones is 1. The van der Waals surface area contributed by atoms with Crippen molar-refractivity contribution in [3.8, 4) is 11.5 Å². The molecule has 3 nitrogen and oxygen atoms in total. The second-order valence-corrected chi connectivity index (χ2v) is 4.38. The summed E-state index contributed by atoms with van der Waals surface area (Å²) in [7, 11) is 3.17. The Morgan fingerprint density at radius 1 is 1.12 bits per heavy atom. The van der Waals surface area contributed by atoms with Gasteiger partial charge in [0.2, 0.25) is 0 Å². The smallest absolute Gasteiger partial charge is 0.173 e. The molecular weight excluding hydrogens is 216 g/mol. The lowest BCUT2D eigenvalue weighted by molar-refractivity contribution is 0.0916. The van der Waals surface area contributed by atoms with Crippen molar-refractivity contribution in [3.63, 3.8) is 0 Å². The number of hydrogen-bond acceptors (Lipinski definition) is 3. The Hall–Kier alpha value is -1.51. The average molecular weight is 234 g/mol. The van der Waals surface area contributed by atoms with Crippen LogP contribution in [0, 0.1) is 5.92 Å². The van der Waals surface area contributed by atoms with E-state index in [4.69, 9.17) is 9.47 Å². The van der Waals surface area contributed by atoms with Crippen LogP contribution in [0.25, 0.3) is 0 Å². The van der Waals surface area contributed by atoms with Gasteiger partial charge in [-0.3, -0.25) is 4.79 Å². The monoisotopic (exact) mass is 234 g/mol. The van der Waals surface area contributed by atoms with E-state index in [-0.39, 0.29) is 11.7 Å². The van der Waals surface area contributed by atoms with E-state index in [9.17, 15) is 4.79 Å². The number of ether oxygens (including phenoxy) is 2. The van der Waals surface area contributed by atoms with E-state index in [1.165, 1.54) is 0 Å². The van der Waals surface area contributed by atoms with E-state index in [0.29, 0.717) is 17.1 Å². The van der Waals surface area contributed by atoms with Gasteiger partial charge in [-0.1, -0.05) is 18.9 Å². The van der Waals surface area contributed by atoms with Gasteiger partial charge in [0.25, 0.3) is 0 Å². The van der Waals surface area contributed by atoms with E-state index in [2.05, 4.69) is 0 Å². The molecule has 0 aromatic heterocycles. The third kappa shape index (κ3) is 2.28. The first kappa shape index (κ1) is 12.0. The molecule has 1 fully saturated rings. The van der Waals surface area contributed by atoms with Crippen molar-refractivity contribution in [2.24, 2.45) is 5.92 Å². The summed E-state index contributed by atoms with van der Waals surface area (Å²) in [6.45, 7) is 0. The standard InChI is InChI=1S/C14H18O3/c1-16-11-8-5-9-12(17-2)13(11)14(15)10-6-3-4-7-10/h5,8-10H,3-4,6-7H2,1-2H3. The fraction of sp³-hybridized carbons (Fsp3) is 0.500. The number of carbonyl (C=O) groups excluding carboxylic acids is 1. The maximum absolute atomic E-state index is 12.4. The van der Waals surface area contributed by atoms with Gasteiger partial charge in [-0.25, -0.2) is 0 Å². The molecule has 0 radical (unpaired) electrons. The molecule has 0 N–H and O–H groups in total. The van der Waals surface area contributed by atoms with E-state index in [1.54, 1.807) is 14.2 Å². The number of benzene rings is 1. The summed E-state index contributed by atoms with van der Waals surface area (Å²) in [5.74, 6) is 1.53. The summed E-state index contributed by atoms with van der Waals surface area (Å²) in [5.41, 5.74) is 0.601. The molecule has 0 amide bonds. The Bertz CT molecular complexity index is 384. The van der Waals surface area contributed by atoms with Gasteiger partial charge in [-0.05, 0) is 25.0 Å². The zero-order valence-electron chi connectivity index (χ0n) is 10.4. The zero-order chi connectivity index (χ0) is 12.3. The highest BCUT2D eigenvalue weighted by atomic mass is 16.5. The van der Waals surface area contributed by atoms with Gasteiger partial charge in [-0.15, -0.1) is 0 Å². The van der Waals surface area contributed by atoms with Crippen LogP contribution in [-0.4, -0.2) is 20.0 Å². The number of methoxy groups -OCH3 is 2. The summed E-state index contributed by atoms with van der Waals surface area (Å²) >= 11 is 0. The minimum Gasteiger partial charge on any atom is -0.496 e. The van der Waals surface area contributed by atoms with Crippen LogP contribution in [0.3, 0.4) is 0 Å². The van der Waals surface area contributed by atoms with Gasteiger partial charge < -0.3 is 9.47 Å². The molecule has 0 spiro atoms. The summed E-state index contributed by atoms with van der Waals surface area (Å²) < 4.78 is 10.5. The maximum atomic E-state index is 12.4. The quantitative estimate of drug-likeness (QED) is 0.751. The molecule has 2 rings (SSSR count). The van der Waals surface area contributed by atoms with Crippen LogP contribution in [0.1, 0.15) is 36.0 Å². The fourth-order valence-corrected chi connectivity index (χ4v) is 2.49. The van der Waals surface area contributed by atoms with Crippen molar-refractivity contribution in [1.29, 1.82) is 0 Å². The third-order valence-corrected chi connectivity index (χ3v) is 3.40. The van der Waals surface area contributed by atoms with Crippen LogP contribution in [0.2, 0.25) is 0 Å². The van der Waals surface area contributed by atoms with Crippen molar-refractivity contribution in [2.75, 3.05) is 14.2 Å². The van der Waals surface area contributed by atoms with Crippen molar-refractivity contribution < 1.29 is 14.3 Å². The summed E-state index contributed by atoms with van der Waals surface area (Å²) in [5, 5.41) is 0. The average Bonchev–Trinajstić information content (AvgIpc) is 2.90. The van der Waals surface area contributed by atoms with Gasteiger partial charge in [0.1, 0.15) is 17.1 Å². The number of hydrogen-bond donors (Lipinski definition) is 0. The van der Waals surface area contributed by atoms with E-state index in [0.717, 1.165) is 25.7 Å². The van der Waals surface area contributed by atoms with Gasteiger partial charge in [0, 0.05) is 5.92 Å². The molecule has 1 aliphatic rings. The Morgan fingerprint density at radius 3 is 2.12 bits per heavy atom. The minimum atomic E-state index is 0.139. The fourth-order valence-electron chi connectivity index (χ4n) is 2.49. The molecule has 0 aliphatic heterocycles. The highest BCUT2D eigenvalue weighted by Gasteiger charge is 2.28. The summed E-state index contributed by atoms with van der Waals surface area (Å²) in [6, 6.07) is 5.46. The molecule has 1 aromatic carbocycles. The summed E-state index contributed by atoms with van der Waals surface area (Å²) in [6.07, 6.45) is 4.27. The lowest BCUT2D eigenvalue weighted by Gasteiger charge is -2.15. The topological polar surface area (TPSA) is 35.5 Å². The number of Topliss-reactive ketones (excluding diaryl/α,β-unsaturated/α-hetero) is 1. The Labute approximate surface area is 102 Å². The van der Waals surface area contributed by atoms with Crippen LogP contribution >= 0.6 is 0 Å². The SMILES string of the molecule is COc1cccc(OC)c1C(=O)C1CCCC1. The van der Waals surface area contributed by atoms with Crippen molar-refractivity contribution in [1.82, 2.24) is 0 Å². The molecule has 0 atom stereocenters. The van der Waals surface area contributed by atoms with E-state index < -0.39 is 0 Å². The molecule has 0 saturated heterocycles. The third-order valence-electron chi connectivity index (χ3n) is 3.40. The molecule has 92 valence electrons. The first-order valence-electron chi connectivity index (χ1n) is 6.03. The predicted molar refractivity (Wildman–Crippen MR) is 65.8 cm³/mol. The Kier molecular flexibility index (Phi) is 3.67. The highest BCUT2D eigenvalue weighted by molar-refractivity contribution is 6.02. The molecule has 17 heavy (non-hydrogen) atoms. The number of rotatable bonds is 4. The highest BCUT2D eigenvalue weighted by Crippen LogP contribution is 2.35. The van der Waals surface area contributed by atoms with Crippen molar-refractivity contribution in [2.45, 2.75) is 25.7 Å². The van der Waals surface area contributed by atoms with Gasteiger partial charge in [0.05, 0.1) is 14.2 Å². The maximum Gasteiger partial charge on any atom is 0.173 e. The predicted octanol–water partition coefficient (Wildman–Crippen LogP) is 3.08.